The lowest BCUT2D eigenvalue weighted by molar-refractivity contribution is 0.102. The molecule has 3 aromatic carbocycles. The molecule has 1 amide bonds. The molecular formula is C29H28FN3O. The lowest BCUT2D eigenvalue weighted by Gasteiger charge is -2.16. The molecule has 34 heavy (non-hydrogen) atoms. The third-order valence-electron chi connectivity index (χ3n) is 6.66. The van der Waals surface area contributed by atoms with Crippen LogP contribution in [0, 0.1) is 19.7 Å². The number of aromatic nitrogens is 1. The number of hydrogen-bond acceptors (Lipinski definition) is 3. The topological polar surface area (TPSA) is 45.2 Å². The van der Waals surface area contributed by atoms with Gasteiger partial charge in [-0.15, -0.1) is 0 Å². The molecule has 1 fully saturated rings. The van der Waals surface area contributed by atoms with Gasteiger partial charge in [0.25, 0.3) is 5.91 Å². The van der Waals surface area contributed by atoms with Gasteiger partial charge in [-0.25, -0.2) is 4.39 Å². The maximum Gasteiger partial charge on any atom is 0.255 e. The Labute approximate surface area is 199 Å². The zero-order chi connectivity index (χ0) is 23.7. The highest BCUT2D eigenvalue weighted by Crippen LogP contribution is 2.28. The molecule has 0 unspecified atom stereocenters. The summed E-state index contributed by atoms with van der Waals surface area (Å²) in [6.45, 7) is 7.21. The van der Waals surface area contributed by atoms with Gasteiger partial charge >= 0.3 is 0 Å². The van der Waals surface area contributed by atoms with E-state index in [1.165, 1.54) is 30.5 Å². The molecule has 1 N–H and O–H groups in total. The minimum atomic E-state index is -0.263. The van der Waals surface area contributed by atoms with Gasteiger partial charge in [0.1, 0.15) is 5.82 Å². The predicted octanol–water partition coefficient (Wildman–Crippen LogP) is 6.51. The summed E-state index contributed by atoms with van der Waals surface area (Å²) in [5.41, 5.74) is 7.29. The van der Waals surface area contributed by atoms with Gasteiger partial charge in [0.15, 0.2) is 0 Å². The van der Waals surface area contributed by atoms with Gasteiger partial charge in [0.2, 0.25) is 0 Å². The molecule has 1 saturated heterocycles. The average molecular weight is 454 g/mol. The summed E-state index contributed by atoms with van der Waals surface area (Å²) in [5, 5.41) is 4.14. The molecule has 0 radical (unpaired) electrons. The van der Waals surface area contributed by atoms with E-state index < -0.39 is 0 Å². The highest BCUT2D eigenvalue weighted by Gasteiger charge is 2.15. The first-order valence-corrected chi connectivity index (χ1v) is 11.8. The van der Waals surface area contributed by atoms with Crippen LogP contribution in [0.3, 0.4) is 0 Å². The van der Waals surface area contributed by atoms with Crippen molar-refractivity contribution in [2.45, 2.75) is 33.2 Å². The number of aryl methyl sites for hydroxylation is 2. The van der Waals surface area contributed by atoms with Crippen molar-refractivity contribution in [3.8, 4) is 11.1 Å². The third kappa shape index (κ3) is 4.57. The fourth-order valence-corrected chi connectivity index (χ4v) is 4.77. The highest BCUT2D eigenvalue weighted by atomic mass is 19.1. The summed E-state index contributed by atoms with van der Waals surface area (Å²) in [4.78, 5) is 20.2. The first kappa shape index (κ1) is 22.2. The smallest absolute Gasteiger partial charge is 0.255 e. The monoisotopic (exact) mass is 453 g/mol. The summed E-state index contributed by atoms with van der Waals surface area (Å²) >= 11 is 0. The number of nitrogens with one attached hydrogen (secondary N) is 1. The van der Waals surface area contributed by atoms with Crippen molar-refractivity contribution in [1.29, 1.82) is 0 Å². The van der Waals surface area contributed by atoms with Crippen LogP contribution < -0.4 is 5.32 Å². The summed E-state index contributed by atoms with van der Waals surface area (Å²) in [5.74, 6) is -0.428. The van der Waals surface area contributed by atoms with Crippen molar-refractivity contribution in [3.63, 3.8) is 0 Å². The van der Waals surface area contributed by atoms with Crippen molar-refractivity contribution in [1.82, 2.24) is 9.88 Å². The SMILES string of the molecule is Cc1cc(C(=O)Nc2ccc3cc(CN4CCCC4)cnc3c2C)ccc1-c1ccc(F)cc1. The van der Waals surface area contributed by atoms with Gasteiger partial charge in [-0.05, 0) is 104 Å². The summed E-state index contributed by atoms with van der Waals surface area (Å²) in [6, 6.07) is 18.2. The molecule has 4 nitrogen and oxygen atoms in total. The number of carbonyl (C=O) groups excluding carboxylic acids is 1. The maximum absolute atomic E-state index is 13.3. The molecule has 4 aromatic rings. The third-order valence-corrected chi connectivity index (χ3v) is 6.66. The van der Waals surface area contributed by atoms with Gasteiger partial charge in [-0.1, -0.05) is 24.3 Å². The van der Waals surface area contributed by atoms with Crippen LogP contribution in [0.1, 0.15) is 39.9 Å². The zero-order valence-corrected chi connectivity index (χ0v) is 19.6. The van der Waals surface area contributed by atoms with Crippen LogP contribution >= 0.6 is 0 Å². The van der Waals surface area contributed by atoms with E-state index in [1.54, 1.807) is 18.2 Å². The first-order chi connectivity index (χ1) is 16.5. The Kier molecular flexibility index (Phi) is 6.12. The summed E-state index contributed by atoms with van der Waals surface area (Å²) in [7, 11) is 0. The predicted molar refractivity (Wildman–Crippen MR) is 136 cm³/mol. The molecule has 0 spiro atoms. The lowest BCUT2D eigenvalue weighted by atomic mass is 9.98. The Morgan fingerprint density at radius 1 is 1.00 bits per heavy atom. The van der Waals surface area contributed by atoms with Crippen molar-refractivity contribution < 1.29 is 9.18 Å². The van der Waals surface area contributed by atoms with E-state index in [0.717, 1.165) is 58.5 Å². The molecule has 172 valence electrons. The number of nitrogens with zero attached hydrogens (tertiary/aromatic N) is 2. The quantitative estimate of drug-likeness (QED) is 0.375. The van der Waals surface area contributed by atoms with Crippen molar-refractivity contribution >= 4 is 22.5 Å². The molecule has 5 heteroatoms. The fourth-order valence-electron chi connectivity index (χ4n) is 4.77. The molecular weight excluding hydrogens is 425 g/mol. The molecule has 0 bridgehead atoms. The van der Waals surface area contributed by atoms with Crippen molar-refractivity contribution in [2.24, 2.45) is 0 Å². The van der Waals surface area contributed by atoms with E-state index in [9.17, 15) is 9.18 Å². The zero-order valence-electron chi connectivity index (χ0n) is 19.6. The Balaban J connectivity index is 1.35. The fraction of sp³-hybridized carbons (Fsp3) is 0.241. The number of benzene rings is 3. The number of amides is 1. The van der Waals surface area contributed by atoms with Crippen LogP contribution in [0.2, 0.25) is 0 Å². The van der Waals surface area contributed by atoms with Gasteiger partial charge in [-0.3, -0.25) is 14.7 Å². The van der Waals surface area contributed by atoms with Crippen molar-refractivity contribution in [2.75, 3.05) is 18.4 Å². The van der Waals surface area contributed by atoms with Crippen LogP contribution in [0.25, 0.3) is 22.0 Å². The van der Waals surface area contributed by atoms with Crippen LogP contribution in [0.5, 0.6) is 0 Å². The van der Waals surface area contributed by atoms with Gasteiger partial charge in [-0.2, -0.15) is 0 Å². The second kappa shape index (κ2) is 9.35. The molecule has 1 aromatic heterocycles. The van der Waals surface area contributed by atoms with Crippen LogP contribution in [0.4, 0.5) is 10.1 Å². The van der Waals surface area contributed by atoms with Crippen LogP contribution in [-0.2, 0) is 6.54 Å². The van der Waals surface area contributed by atoms with Gasteiger partial charge in [0, 0.05) is 29.4 Å². The number of carbonyl (C=O) groups is 1. The largest absolute Gasteiger partial charge is 0.322 e. The first-order valence-electron chi connectivity index (χ1n) is 11.8. The van der Waals surface area contributed by atoms with Gasteiger partial charge in [0.05, 0.1) is 5.52 Å². The number of anilines is 1. The number of halogens is 1. The number of rotatable bonds is 5. The van der Waals surface area contributed by atoms with E-state index in [2.05, 4.69) is 16.3 Å². The van der Waals surface area contributed by atoms with Crippen LogP contribution in [-0.4, -0.2) is 28.9 Å². The minimum Gasteiger partial charge on any atom is -0.322 e. The Morgan fingerprint density at radius 3 is 2.50 bits per heavy atom. The van der Waals surface area contributed by atoms with Crippen LogP contribution in [0.15, 0.2) is 66.9 Å². The molecule has 1 aliphatic heterocycles. The second-order valence-corrected chi connectivity index (χ2v) is 9.13. The molecule has 1 aliphatic rings. The molecule has 5 rings (SSSR count). The normalized spacial score (nSPS) is 14.0. The molecule has 2 heterocycles. The minimum absolute atomic E-state index is 0.165. The standard InChI is InChI=1S/C29H28FN3O/c1-19-15-24(7-11-26(19)22-5-9-25(30)10-6-22)29(34)32-27-12-8-23-16-21(17-31-28(23)20(27)2)18-33-13-3-4-14-33/h5-12,15-17H,3-4,13-14,18H2,1-2H3,(H,32,34). The summed E-state index contributed by atoms with van der Waals surface area (Å²) < 4.78 is 13.3. The number of hydrogen-bond donors (Lipinski definition) is 1. The number of pyridine rings is 1. The molecule has 0 saturated carbocycles. The van der Waals surface area contributed by atoms with E-state index in [4.69, 9.17) is 4.98 Å². The van der Waals surface area contributed by atoms with E-state index in [0.29, 0.717) is 5.56 Å². The molecule has 0 aliphatic carbocycles. The van der Waals surface area contributed by atoms with E-state index in [-0.39, 0.29) is 11.7 Å². The highest BCUT2D eigenvalue weighted by molar-refractivity contribution is 6.06. The van der Waals surface area contributed by atoms with Gasteiger partial charge < -0.3 is 5.32 Å². The lowest BCUT2D eigenvalue weighted by Crippen LogP contribution is -2.18. The Hall–Kier alpha value is -3.57. The second-order valence-electron chi connectivity index (χ2n) is 9.13. The number of likely N-dealkylation sites (tertiary alicyclic amines) is 1. The summed E-state index contributed by atoms with van der Waals surface area (Å²) in [6.07, 6.45) is 4.51. The van der Waals surface area contributed by atoms with Crippen molar-refractivity contribution in [3.05, 3.63) is 94.9 Å². The number of fused-ring (bicyclic) bond motifs is 1. The Bertz CT molecular complexity index is 1360. The Morgan fingerprint density at radius 2 is 1.76 bits per heavy atom. The molecule has 0 atom stereocenters. The van der Waals surface area contributed by atoms with E-state index in [1.807, 2.05) is 44.3 Å². The van der Waals surface area contributed by atoms with E-state index >= 15 is 0 Å². The average Bonchev–Trinajstić information content (AvgIpc) is 3.34. The maximum atomic E-state index is 13.3.